The quantitative estimate of drug-likeness (QED) is 0.685. The molecule has 5 nitrogen and oxygen atoms in total. The molecule has 2 saturated carbocycles. The monoisotopic (exact) mass is 434 g/mol. The Labute approximate surface area is 177 Å². The molecule has 0 aliphatic heterocycles. The molecule has 7 heteroatoms. The summed E-state index contributed by atoms with van der Waals surface area (Å²) in [7, 11) is -2.01. The van der Waals surface area contributed by atoms with Crippen molar-refractivity contribution in [3.8, 4) is 5.75 Å². The molecule has 0 aromatic heterocycles. The Morgan fingerprint density at radius 3 is 2.45 bits per heavy atom. The second kappa shape index (κ2) is 7.82. The van der Waals surface area contributed by atoms with Gasteiger partial charge in [-0.05, 0) is 66.0 Å². The van der Waals surface area contributed by atoms with Crippen LogP contribution in [0, 0.1) is 11.3 Å². The van der Waals surface area contributed by atoms with E-state index in [1.54, 1.807) is 19.2 Å². The lowest BCUT2D eigenvalue weighted by Gasteiger charge is -2.24. The molecule has 0 amide bonds. The first kappa shape index (κ1) is 20.5. The van der Waals surface area contributed by atoms with Crippen LogP contribution in [0.3, 0.4) is 0 Å². The van der Waals surface area contributed by atoms with Gasteiger partial charge in [0.05, 0.1) is 17.7 Å². The average molecular weight is 435 g/mol. The van der Waals surface area contributed by atoms with E-state index in [0.717, 1.165) is 18.0 Å². The highest BCUT2D eigenvalue weighted by Crippen LogP contribution is 2.71. The van der Waals surface area contributed by atoms with Crippen LogP contribution in [0.1, 0.15) is 43.6 Å². The van der Waals surface area contributed by atoms with Gasteiger partial charge in [-0.25, -0.2) is 13.6 Å². The number of hydrogen-bond acceptors (Lipinski definition) is 4. The maximum Gasteiger partial charge on any atom is 0.238 e. The van der Waals surface area contributed by atoms with Gasteiger partial charge in [0.15, 0.2) is 0 Å². The molecule has 156 valence electrons. The van der Waals surface area contributed by atoms with Gasteiger partial charge in [0.2, 0.25) is 10.0 Å². The summed E-state index contributed by atoms with van der Waals surface area (Å²) in [5.74, 6) is 1.70. The van der Waals surface area contributed by atoms with Crippen molar-refractivity contribution >= 4 is 27.3 Å². The van der Waals surface area contributed by atoms with E-state index in [4.69, 9.17) is 21.5 Å². The molecule has 2 aromatic rings. The number of rotatable bonds is 6. The number of hydrogen-bond donors (Lipinski definition) is 2. The molecule has 2 fully saturated rings. The fourth-order valence-corrected chi connectivity index (χ4v) is 5.95. The van der Waals surface area contributed by atoms with E-state index in [1.807, 2.05) is 30.3 Å². The average Bonchev–Trinajstić information content (AvgIpc) is 3.31. The largest absolute Gasteiger partial charge is 0.495 e. The van der Waals surface area contributed by atoms with Crippen molar-refractivity contribution in [2.24, 2.45) is 16.5 Å². The SMILES string of the molecule is COc1ccc(Cl)cc1NCC1C(c2ccc(S(N)(=O)=O)cc2)C12CCCCC2. The third-order valence-corrected chi connectivity index (χ3v) is 7.84. The van der Waals surface area contributed by atoms with Gasteiger partial charge in [-0.1, -0.05) is 43.0 Å². The van der Waals surface area contributed by atoms with Crippen LogP contribution in [-0.2, 0) is 10.0 Å². The summed E-state index contributed by atoms with van der Waals surface area (Å²) in [5.41, 5.74) is 2.39. The van der Waals surface area contributed by atoms with E-state index >= 15 is 0 Å². The first-order valence-corrected chi connectivity index (χ1v) is 12.0. The van der Waals surface area contributed by atoms with Crippen molar-refractivity contribution in [1.82, 2.24) is 0 Å². The number of nitrogens with one attached hydrogen (secondary N) is 1. The van der Waals surface area contributed by atoms with E-state index in [0.29, 0.717) is 22.3 Å². The molecule has 0 saturated heterocycles. The van der Waals surface area contributed by atoms with Gasteiger partial charge in [-0.3, -0.25) is 0 Å². The first-order valence-electron chi connectivity index (χ1n) is 10.1. The molecular formula is C22H27ClN2O3S. The van der Waals surface area contributed by atoms with E-state index in [2.05, 4.69) is 5.32 Å². The summed E-state index contributed by atoms with van der Waals surface area (Å²) in [6, 6.07) is 12.7. The molecule has 29 heavy (non-hydrogen) atoms. The lowest BCUT2D eigenvalue weighted by molar-refractivity contribution is 0.304. The Morgan fingerprint density at radius 1 is 1.14 bits per heavy atom. The molecule has 4 rings (SSSR count). The molecule has 0 bridgehead atoms. The van der Waals surface area contributed by atoms with Gasteiger partial charge in [0, 0.05) is 11.6 Å². The third kappa shape index (κ3) is 3.98. The first-order chi connectivity index (χ1) is 13.8. The van der Waals surface area contributed by atoms with Crippen LogP contribution in [-0.4, -0.2) is 22.1 Å². The Bertz CT molecular complexity index is 986. The smallest absolute Gasteiger partial charge is 0.238 e. The fraction of sp³-hybridized carbons (Fsp3) is 0.455. The molecule has 2 aliphatic carbocycles. The second-order valence-electron chi connectivity index (χ2n) is 8.22. The third-order valence-electron chi connectivity index (χ3n) is 6.68. The molecule has 2 aliphatic rings. The van der Waals surface area contributed by atoms with Crippen LogP contribution in [0.5, 0.6) is 5.75 Å². The Hall–Kier alpha value is -1.76. The highest BCUT2D eigenvalue weighted by atomic mass is 35.5. The summed E-state index contributed by atoms with van der Waals surface area (Å²) >= 11 is 6.17. The van der Waals surface area contributed by atoms with Crippen LogP contribution in [0.2, 0.25) is 5.02 Å². The maximum atomic E-state index is 11.6. The number of benzene rings is 2. The Balaban J connectivity index is 1.56. The minimum absolute atomic E-state index is 0.165. The number of primary sulfonamides is 1. The highest BCUT2D eigenvalue weighted by Gasteiger charge is 2.63. The highest BCUT2D eigenvalue weighted by molar-refractivity contribution is 7.89. The van der Waals surface area contributed by atoms with Gasteiger partial charge in [0.1, 0.15) is 5.75 Å². The zero-order chi connectivity index (χ0) is 20.6. The molecular weight excluding hydrogens is 408 g/mol. The zero-order valence-electron chi connectivity index (χ0n) is 16.5. The minimum atomic E-state index is -3.67. The summed E-state index contributed by atoms with van der Waals surface area (Å²) < 4.78 is 28.6. The topological polar surface area (TPSA) is 81.4 Å². The van der Waals surface area contributed by atoms with Crippen molar-refractivity contribution in [3.63, 3.8) is 0 Å². The fourth-order valence-electron chi connectivity index (χ4n) is 5.26. The number of methoxy groups -OCH3 is 1. The number of nitrogens with two attached hydrogens (primary N) is 1. The summed E-state index contributed by atoms with van der Waals surface area (Å²) in [6.07, 6.45) is 6.23. The summed E-state index contributed by atoms with van der Waals surface area (Å²) in [5, 5.41) is 9.47. The Kier molecular flexibility index (Phi) is 5.53. The second-order valence-corrected chi connectivity index (χ2v) is 10.2. The predicted molar refractivity (Wildman–Crippen MR) is 116 cm³/mol. The number of sulfonamides is 1. The standard InChI is InChI=1S/C22H27ClN2O3S/c1-28-20-10-7-16(23)13-19(20)25-14-18-21(22(18)11-3-2-4-12-22)15-5-8-17(9-6-15)29(24,26)27/h5-10,13,18,21,25H,2-4,11-12,14H2,1H3,(H2,24,26,27). The van der Waals surface area contributed by atoms with Crippen molar-refractivity contribution in [3.05, 3.63) is 53.1 Å². The van der Waals surface area contributed by atoms with Gasteiger partial charge in [-0.2, -0.15) is 0 Å². The Morgan fingerprint density at radius 2 is 1.83 bits per heavy atom. The lowest BCUT2D eigenvalue weighted by atomic mass is 9.82. The molecule has 2 unspecified atom stereocenters. The maximum absolute atomic E-state index is 11.6. The van der Waals surface area contributed by atoms with Crippen LogP contribution in [0.4, 0.5) is 5.69 Å². The summed E-state index contributed by atoms with van der Waals surface area (Å²) in [6.45, 7) is 0.832. The van der Waals surface area contributed by atoms with Gasteiger partial charge in [0.25, 0.3) is 0 Å². The van der Waals surface area contributed by atoms with Crippen LogP contribution >= 0.6 is 11.6 Å². The molecule has 2 atom stereocenters. The normalized spacial score (nSPS) is 23.0. The summed E-state index contributed by atoms with van der Waals surface area (Å²) in [4.78, 5) is 0.165. The minimum Gasteiger partial charge on any atom is -0.495 e. The molecule has 3 N–H and O–H groups in total. The predicted octanol–water partition coefficient (Wildman–Crippen LogP) is 4.77. The van der Waals surface area contributed by atoms with Crippen molar-refractivity contribution in [1.29, 1.82) is 0 Å². The van der Waals surface area contributed by atoms with Crippen molar-refractivity contribution in [2.45, 2.75) is 42.9 Å². The number of halogens is 1. The number of ether oxygens (including phenoxy) is 1. The van der Waals surface area contributed by atoms with Crippen molar-refractivity contribution < 1.29 is 13.2 Å². The van der Waals surface area contributed by atoms with E-state index in [9.17, 15) is 8.42 Å². The van der Waals surface area contributed by atoms with E-state index in [-0.39, 0.29) is 4.90 Å². The lowest BCUT2D eigenvalue weighted by Crippen LogP contribution is -2.15. The molecule has 2 aromatic carbocycles. The zero-order valence-corrected chi connectivity index (χ0v) is 18.1. The van der Waals surface area contributed by atoms with Gasteiger partial charge in [-0.15, -0.1) is 0 Å². The number of anilines is 1. The van der Waals surface area contributed by atoms with Gasteiger partial charge < -0.3 is 10.1 Å². The van der Waals surface area contributed by atoms with Crippen LogP contribution in [0.25, 0.3) is 0 Å². The van der Waals surface area contributed by atoms with E-state index in [1.165, 1.54) is 37.7 Å². The molecule has 1 spiro atoms. The van der Waals surface area contributed by atoms with Crippen LogP contribution < -0.4 is 15.2 Å². The molecule has 0 radical (unpaired) electrons. The van der Waals surface area contributed by atoms with Crippen LogP contribution in [0.15, 0.2) is 47.4 Å². The van der Waals surface area contributed by atoms with E-state index < -0.39 is 10.0 Å². The van der Waals surface area contributed by atoms with Crippen molar-refractivity contribution in [2.75, 3.05) is 19.0 Å². The van der Waals surface area contributed by atoms with Gasteiger partial charge >= 0.3 is 0 Å². The molecule has 0 heterocycles.